The Kier molecular flexibility index (Phi) is 7.43. The van der Waals surface area contributed by atoms with Crippen LogP contribution in [0.15, 0.2) is 43.5 Å². The number of hydrogen-bond donors (Lipinski definition) is 1. The van der Waals surface area contributed by atoms with E-state index in [1.54, 1.807) is 28.8 Å². The molecule has 7 nitrogen and oxygen atoms in total. The molecule has 4 rings (SSSR count). The number of esters is 1. The summed E-state index contributed by atoms with van der Waals surface area (Å²) in [5, 5.41) is 9.73. The maximum Gasteiger partial charge on any atom is 0.310 e. The van der Waals surface area contributed by atoms with Gasteiger partial charge in [0.15, 0.2) is 0 Å². The number of benzene rings is 1. The quantitative estimate of drug-likeness (QED) is 0.303. The van der Waals surface area contributed by atoms with E-state index in [1.807, 2.05) is 32.0 Å². The van der Waals surface area contributed by atoms with Crippen molar-refractivity contribution in [3.05, 3.63) is 54.6 Å². The van der Waals surface area contributed by atoms with Gasteiger partial charge in [-0.2, -0.15) is 0 Å². The van der Waals surface area contributed by atoms with E-state index in [0.29, 0.717) is 19.4 Å². The van der Waals surface area contributed by atoms with Crippen LogP contribution in [0.2, 0.25) is 0 Å². The highest BCUT2D eigenvalue weighted by Gasteiger charge is 2.74. The number of β-amino-alcohol motifs (C(OH)–C–C–N with tert-alkyl or cyclic N) is 1. The monoisotopic (exact) mass is 498 g/mol. The summed E-state index contributed by atoms with van der Waals surface area (Å²) in [6.45, 7) is 11.7. The second kappa shape index (κ2) is 10.2. The van der Waals surface area contributed by atoms with Crippen LogP contribution in [-0.4, -0.2) is 70.1 Å². The van der Waals surface area contributed by atoms with Gasteiger partial charge in [0, 0.05) is 24.0 Å². The van der Waals surface area contributed by atoms with Gasteiger partial charge in [-0.15, -0.1) is 24.9 Å². The number of amides is 2. The molecule has 2 unspecified atom stereocenters. The lowest BCUT2D eigenvalue weighted by Gasteiger charge is -2.37. The summed E-state index contributed by atoms with van der Waals surface area (Å²) in [6, 6.07) is 5.18. The van der Waals surface area contributed by atoms with Gasteiger partial charge in [-0.1, -0.05) is 24.3 Å². The summed E-state index contributed by atoms with van der Waals surface area (Å²) in [4.78, 5) is 44.3. The Bertz CT molecular complexity index is 1040. The van der Waals surface area contributed by atoms with E-state index in [-0.39, 0.29) is 42.8 Å². The van der Waals surface area contributed by atoms with Crippen molar-refractivity contribution in [2.45, 2.75) is 49.1 Å². The summed E-state index contributed by atoms with van der Waals surface area (Å²) in [5.41, 5.74) is 2.76. The number of aliphatic hydroxyl groups is 1. The van der Waals surface area contributed by atoms with Crippen LogP contribution >= 0.6 is 11.8 Å². The fourth-order valence-corrected chi connectivity index (χ4v) is 8.18. The molecule has 1 aromatic carbocycles. The molecule has 2 bridgehead atoms. The molecule has 3 heterocycles. The molecule has 188 valence electrons. The molecule has 3 fully saturated rings. The van der Waals surface area contributed by atoms with Gasteiger partial charge in [-0.05, 0) is 50.3 Å². The van der Waals surface area contributed by atoms with Gasteiger partial charge in [-0.3, -0.25) is 14.4 Å². The average Bonchev–Trinajstić information content (AvgIpc) is 3.47. The summed E-state index contributed by atoms with van der Waals surface area (Å²) in [6.07, 6.45) is 5.33. The molecule has 0 aromatic heterocycles. The topological polar surface area (TPSA) is 87.1 Å². The molecule has 3 aliphatic rings. The number of fused-ring (bicyclic) bond motifs is 1. The van der Waals surface area contributed by atoms with Gasteiger partial charge in [-0.25, -0.2) is 0 Å². The number of nitrogens with zero attached hydrogens (tertiary/aromatic N) is 2. The van der Waals surface area contributed by atoms with Crippen molar-refractivity contribution in [3.63, 3.8) is 0 Å². The Morgan fingerprint density at radius 3 is 2.77 bits per heavy atom. The number of carbonyl (C=O) groups excluding carboxylic acids is 3. The fraction of sp³-hybridized carbons (Fsp3) is 0.519. The van der Waals surface area contributed by atoms with Crippen molar-refractivity contribution >= 4 is 35.2 Å². The molecule has 8 heteroatoms. The van der Waals surface area contributed by atoms with Crippen LogP contribution in [0.4, 0.5) is 5.69 Å². The van der Waals surface area contributed by atoms with Gasteiger partial charge in [0.2, 0.25) is 5.91 Å². The van der Waals surface area contributed by atoms with E-state index < -0.39 is 22.6 Å². The number of thioether (sulfide) groups is 1. The lowest BCUT2D eigenvalue weighted by molar-refractivity contribution is -0.154. The summed E-state index contributed by atoms with van der Waals surface area (Å²) < 4.78 is 4.78. The van der Waals surface area contributed by atoms with Crippen LogP contribution in [0, 0.1) is 25.7 Å². The number of anilines is 1. The maximum absolute atomic E-state index is 14.3. The highest BCUT2D eigenvalue weighted by molar-refractivity contribution is 8.02. The standard InChI is InChI=1S/C27H34N2O5S/c1-5-7-15-34-26(33)21-20-10-11-27(35-20)22(21)24(31)29(13-14-30)23(27)25(32)28(12-6-2)19-16-17(3)8-9-18(19)4/h5-6,8-9,16,20-23,30H,1-2,7,10-15H2,3-4H3/t20-,21+,22+,23?,27?/m1/s1. The van der Waals surface area contributed by atoms with Crippen molar-refractivity contribution in [2.24, 2.45) is 11.8 Å². The predicted molar refractivity (Wildman–Crippen MR) is 137 cm³/mol. The van der Waals surface area contributed by atoms with Crippen LogP contribution < -0.4 is 4.90 Å². The smallest absolute Gasteiger partial charge is 0.310 e. The third-order valence-corrected chi connectivity index (χ3v) is 9.40. The van der Waals surface area contributed by atoms with Gasteiger partial charge < -0.3 is 19.6 Å². The highest BCUT2D eigenvalue weighted by Crippen LogP contribution is 2.66. The molecule has 35 heavy (non-hydrogen) atoms. The highest BCUT2D eigenvalue weighted by atomic mass is 32.2. The Balaban J connectivity index is 1.73. The predicted octanol–water partition coefficient (Wildman–Crippen LogP) is 3.03. The van der Waals surface area contributed by atoms with Crippen molar-refractivity contribution in [1.29, 1.82) is 0 Å². The summed E-state index contributed by atoms with van der Waals surface area (Å²) in [5.74, 6) is -2.03. The van der Waals surface area contributed by atoms with E-state index in [0.717, 1.165) is 23.2 Å². The second-order valence-corrected chi connectivity index (χ2v) is 11.2. The van der Waals surface area contributed by atoms with Crippen LogP contribution in [0.25, 0.3) is 0 Å². The van der Waals surface area contributed by atoms with Crippen LogP contribution in [-0.2, 0) is 19.1 Å². The first-order valence-corrected chi connectivity index (χ1v) is 13.0. The minimum Gasteiger partial charge on any atom is -0.465 e. The Labute approximate surface area is 211 Å². The van der Waals surface area contributed by atoms with Gasteiger partial charge in [0.25, 0.3) is 5.91 Å². The van der Waals surface area contributed by atoms with Crippen LogP contribution in [0.1, 0.15) is 30.4 Å². The third-order valence-electron chi connectivity index (χ3n) is 7.45. The number of aliphatic hydroxyl groups excluding tert-OH is 1. The largest absolute Gasteiger partial charge is 0.465 e. The minimum absolute atomic E-state index is 0.0473. The Morgan fingerprint density at radius 1 is 1.31 bits per heavy atom. The van der Waals surface area contributed by atoms with Gasteiger partial charge in [0.1, 0.15) is 6.04 Å². The van der Waals surface area contributed by atoms with Gasteiger partial charge in [0.05, 0.1) is 29.8 Å². The molecule has 0 radical (unpaired) electrons. The average molecular weight is 499 g/mol. The molecule has 1 spiro atoms. The van der Waals surface area contributed by atoms with Crippen molar-refractivity contribution in [2.75, 3.05) is 31.2 Å². The first-order valence-electron chi connectivity index (χ1n) is 12.2. The molecule has 2 amide bonds. The van der Waals surface area contributed by atoms with E-state index >= 15 is 0 Å². The lowest BCUT2D eigenvalue weighted by Crippen LogP contribution is -2.55. The number of aryl methyl sites for hydroxylation is 2. The minimum atomic E-state index is -0.770. The molecule has 3 saturated heterocycles. The zero-order valence-electron chi connectivity index (χ0n) is 20.4. The molecule has 0 aliphatic carbocycles. The molecule has 5 atom stereocenters. The second-order valence-electron chi connectivity index (χ2n) is 9.58. The number of rotatable bonds is 10. The number of ether oxygens (including phenoxy) is 1. The molecule has 3 aliphatic heterocycles. The Hall–Kier alpha value is -2.58. The van der Waals surface area contributed by atoms with E-state index in [1.165, 1.54) is 4.90 Å². The maximum atomic E-state index is 14.3. The van der Waals surface area contributed by atoms with E-state index in [4.69, 9.17) is 4.74 Å². The Morgan fingerprint density at radius 2 is 2.09 bits per heavy atom. The molecular formula is C27H34N2O5S. The van der Waals surface area contributed by atoms with Crippen LogP contribution in [0.5, 0.6) is 0 Å². The third kappa shape index (κ3) is 4.20. The summed E-state index contributed by atoms with van der Waals surface area (Å²) >= 11 is 1.59. The molecule has 1 N–H and O–H groups in total. The SMILES string of the molecule is C=CCCOC(=O)[C@@H]1[C@H]2C(=O)N(CCO)C(C(=O)N(CC=C)c3cc(C)ccc3C)C23CC[C@H]1S3. The van der Waals surface area contributed by atoms with Crippen molar-refractivity contribution in [3.8, 4) is 0 Å². The van der Waals surface area contributed by atoms with Crippen molar-refractivity contribution in [1.82, 2.24) is 4.90 Å². The number of hydrogen-bond acceptors (Lipinski definition) is 6. The van der Waals surface area contributed by atoms with E-state index in [9.17, 15) is 19.5 Å². The molecule has 0 saturated carbocycles. The normalized spacial score (nSPS) is 28.7. The van der Waals surface area contributed by atoms with Crippen LogP contribution in [0.3, 0.4) is 0 Å². The fourth-order valence-electron chi connectivity index (χ4n) is 5.98. The van der Waals surface area contributed by atoms with Crippen molar-refractivity contribution < 1.29 is 24.2 Å². The number of carbonyl (C=O) groups is 3. The summed E-state index contributed by atoms with van der Waals surface area (Å²) in [7, 11) is 0. The zero-order valence-corrected chi connectivity index (χ0v) is 21.3. The number of likely N-dealkylation sites (tertiary alicyclic amines) is 1. The first-order chi connectivity index (χ1) is 16.8. The lowest BCUT2D eigenvalue weighted by atomic mass is 9.71. The first kappa shape index (κ1) is 25.5. The molecule has 1 aromatic rings. The van der Waals surface area contributed by atoms with Gasteiger partial charge >= 0.3 is 5.97 Å². The van der Waals surface area contributed by atoms with E-state index in [2.05, 4.69) is 13.2 Å². The molecular weight excluding hydrogens is 464 g/mol. The zero-order chi connectivity index (χ0) is 25.3.